The van der Waals surface area contributed by atoms with Gasteiger partial charge in [-0.2, -0.15) is 0 Å². The zero-order valence-corrected chi connectivity index (χ0v) is 12.4. The molecule has 0 saturated carbocycles. The summed E-state index contributed by atoms with van der Waals surface area (Å²) in [5.74, 6) is 0. The Labute approximate surface area is 125 Å². The van der Waals surface area contributed by atoms with Gasteiger partial charge in [0.25, 0.3) is 0 Å². The third-order valence-corrected chi connectivity index (χ3v) is 3.85. The molecule has 0 aliphatic heterocycles. The molecule has 0 saturated heterocycles. The van der Waals surface area contributed by atoms with Gasteiger partial charge in [0.2, 0.25) is 0 Å². The van der Waals surface area contributed by atoms with Crippen LogP contribution < -0.4 is 10.6 Å². The van der Waals surface area contributed by atoms with Crippen LogP contribution in [0.2, 0.25) is 10.0 Å². The van der Waals surface area contributed by atoms with Crippen LogP contribution in [0, 0.1) is 0 Å². The number of thiophene rings is 1. The summed E-state index contributed by atoms with van der Waals surface area (Å²) in [4.78, 5) is 1.22. The lowest BCUT2D eigenvalue weighted by atomic mass is 10.3. The van der Waals surface area contributed by atoms with Gasteiger partial charge in [-0.1, -0.05) is 29.3 Å². The Morgan fingerprint density at radius 3 is 2.78 bits per heavy atom. The summed E-state index contributed by atoms with van der Waals surface area (Å²) < 4.78 is 0. The molecule has 0 spiro atoms. The summed E-state index contributed by atoms with van der Waals surface area (Å²) in [6.45, 7) is 0.703. The van der Waals surface area contributed by atoms with Gasteiger partial charge >= 0.3 is 0 Å². The molecule has 1 aromatic carbocycles. The Morgan fingerprint density at radius 1 is 1.28 bits per heavy atom. The van der Waals surface area contributed by atoms with Gasteiger partial charge in [0.05, 0.1) is 17.3 Å². The van der Waals surface area contributed by atoms with E-state index in [1.807, 2.05) is 11.4 Å². The van der Waals surface area contributed by atoms with Crippen molar-refractivity contribution in [1.82, 2.24) is 5.32 Å². The largest absolute Gasteiger partial charge is 0.358 e. The molecule has 0 aliphatic carbocycles. The van der Waals surface area contributed by atoms with Gasteiger partial charge in [0.1, 0.15) is 0 Å². The summed E-state index contributed by atoms with van der Waals surface area (Å²) >= 11 is 18.7. The SMILES string of the molecule is S=C(NCc1cccs1)Nc1ccc(Cl)cc1Cl. The van der Waals surface area contributed by atoms with E-state index in [0.29, 0.717) is 21.7 Å². The maximum atomic E-state index is 6.04. The molecule has 0 fully saturated rings. The minimum absolute atomic E-state index is 0.535. The summed E-state index contributed by atoms with van der Waals surface area (Å²) in [5.41, 5.74) is 0.741. The number of halogens is 2. The molecule has 1 heterocycles. The molecule has 2 nitrogen and oxygen atoms in total. The molecular weight excluding hydrogens is 307 g/mol. The van der Waals surface area contributed by atoms with E-state index in [9.17, 15) is 0 Å². The van der Waals surface area contributed by atoms with Crippen molar-refractivity contribution >= 4 is 57.6 Å². The van der Waals surface area contributed by atoms with Crippen molar-refractivity contribution in [2.75, 3.05) is 5.32 Å². The Morgan fingerprint density at radius 2 is 2.11 bits per heavy atom. The van der Waals surface area contributed by atoms with Crippen LogP contribution in [0.3, 0.4) is 0 Å². The molecular formula is C12H10Cl2N2S2. The van der Waals surface area contributed by atoms with E-state index in [0.717, 1.165) is 5.69 Å². The van der Waals surface area contributed by atoms with Crippen LogP contribution >= 0.6 is 46.8 Å². The molecule has 18 heavy (non-hydrogen) atoms. The zero-order chi connectivity index (χ0) is 13.0. The summed E-state index contributed by atoms with van der Waals surface area (Å²) in [7, 11) is 0. The Hall–Kier alpha value is -0.810. The van der Waals surface area contributed by atoms with E-state index < -0.39 is 0 Å². The minimum Gasteiger partial charge on any atom is -0.358 e. The van der Waals surface area contributed by atoms with Gasteiger partial charge in [-0.15, -0.1) is 11.3 Å². The van der Waals surface area contributed by atoms with Crippen LogP contribution in [0.15, 0.2) is 35.7 Å². The molecule has 94 valence electrons. The predicted octanol–water partition coefficient (Wildman–Crippen LogP) is 4.54. The number of hydrogen-bond acceptors (Lipinski definition) is 2. The molecule has 0 unspecified atom stereocenters. The number of thiocarbonyl (C=S) groups is 1. The first-order chi connectivity index (χ1) is 8.65. The highest BCUT2D eigenvalue weighted by Gasteiger charge is 2.03. The van der Waals surface area contributed by atoms with E-state index >= 15 is 0 Å². The maximum Gasteiger partial charge on any atom is 0.171 e. The molecule has 0 bridgehead atoms. The van der Waals surface area contributed by atoms with Crippen LogP contribution in [0.1, 0.15) is 4.88 Å². The molecule has 1 aromatic heterocycles. The fourth-order valence-corrected chi connectivity index (χ4v) is 2.62. The lowest BCUT2D eigenvalue weighted by molar-refractivity contribution is 0.946. The summed E-state index contributed by atoms with van der Waals surface area (Å²) in [5, 5.41) is 9.86. The standard InChI is InChI=1S/C12H10Cl2N2S2/c13-8-3-4-11(10(14)6-8)16-12(17)15-7-9-2-1-5-18-9/h1-6H,7H2,(H2,15,16,17). The van der Waals surface area contributed by atoms with E-state index in [2.05, 4.69) is 16.7 Å². The van der Waals surface area contributed by atoms with E-state index in [-0.39, 0.29) is 0 Å². The van der Waals surface area contributed by atoms with Crippen LogP contribution in [-0.2, 0) is 6.54 Å². The quantitative estimate of drug-likeness (QED) is 0.813. The van der Waals surface area contributed by atoms with Gasteiger partial charge < -0.3 is 10.6 Å². The van der Waals surface area contributed by atoms with Crippen LogP contribution in [-0.4, -0.2) is 5.11 Å². The van der Waals surface area contributed by atoms with Crippen molar-refractivity contribution in [1.29, 1.82) is 0 Å². The minimum atomic E-state index is 0.535. The second-order valence-corrected chi connectivity index (χ2v) is 5.80. The van der Waals surface area contributed by atoms with E-state index in [4.69, 9.17) is 35.4 Å². The highest BCUT2D eigenvalue weighted by atomic mass is 35.5. The predicted molar refractivity (Wildman–Crippen MR) is 83.8 cm³/mol. The summed E-state index contributed by atoms with van der Waals surface area (Å²) in [6.07, 6.45) is 0. The van der Waals surface area contributed by atoms with E-state index in [1.165, 1.54) is 4.88 Å². The number of anilines is 1. The second-order valence-electron chi connectivity index (χ2n) is 3.51. The summed E-state index contributed by atoms with van der Waals surface area (Å²) in [6, 6.07) is 9.29. The van der Waals surface area contributed by atoms with Gasteiger partial charge in [-0.25, -0.2) is 0 Å². The fourth-order valence-electron chi connectivity index (χ4n) is 1.34. The molecule has 0 amide bonds. The molecule has 2 aromatic rings. The number of hydrogen-bond donors (Lipinski definition) is 2. The molecule has 2 N–H and O–H groups in total. The average Bonchev–Trinajstić information content (AvgIpc) is 2.83. The Kier molecular flexibility index (Phi) is 4.83. The van der Waals surface area contributed by atoms with Gasteiger partial charge in [-0.05, 0) is 41.9 Å². The lowest BCUT2D eigenvalue weighted by Crippen LogP contribution is -2.27. The van der Waals surface area contributed by atoms with Crippen molar-refractivity contribution in [3.05, 3.63) is 50.6 Å². The highest BCUT2D eigenvalue weighted by molar-refractivity contribution is 7.80. The highest BCUT2D eigenvalue weighted by Crippen LogP contribution is 2.25. The van der Waals surface area contributed by atoms with Crippen molar-refractivity contribution in [3.63, 3.8) is 0 Å². The molecule has 2 rings (SSSR count). The number of nitrogens with one attached hydrogen (secondary N) is 2. The smallest absolute Gasteiger partial charge is 0.171 e. The second kappa shape index (κ2) is 6.38. The topological polar surface area (TPSA) is 24.1 Å². The number of benzene rings is 1. The van der Waals surface area contributed by atoms with Crippen molar-refractivity contribution in [2.24, 2.45) is 0 Å². The Bertz CT molecular complexity index is 541. The molecule has 0 radical (unpaired) electrons. The van der Waals surface area contributed by atoms with Crippen molar-refractivity contribution < 1.29 is 0 Å². The first-order valence-corrected chi connectivity index (χ1v) is 7.22. The van der Waals surface area contributed by atoms with Crippen molar-refractivity contribution in [3.8, 4) is 0 Å². The normalized spacial score (nSPS) is 10.1. The molecule has 0 atom stereocenters. The van der Waals surface area contributed by atoms with Crippen LogP contribution in [0.4, 0.5) is 5.69 Å². The van der Waals surface area contributed by atoms with Gasteiger partial charge in [0.15, 0.2) is 5.11 Å². The lowest BCUT2D eigenvalue weighted by Gasteiger charge is -2.11. The fraction of sp³-hybridized carbons (Fsp3) is 0.0833. The first kappa shape index (κ1) is 13.6. The molecule has 0 aliphatic rings. The Balaban J connectivity index is 1.91. The maximum absolute atomic E-state index is 6.04. The average molecular weight is 317 g/mol. The first-order valence-electron chi connectivity index (χ1n) is 5.17. The zero-order valence-electron chi connectivity index (χ0n) is 9.24. The third-order valence-electron chi connectivity index (χ3n) is 2.18. The van der Waals surface area contributed by atoms with Gasteiger partial charge in [0, 0.05) is 9.90 Å². The molecule has 6 heteroatoms. The monoisotopic (exact) mass is 316 g/mol. The van der Waals surface area contributed by atoms with Crippen molar-refractivity contribution in [2.45, 2.75) is 6.54 Å². The van der Waals surface area contributed by atoms with Crippen LogP contribution in [0.5, 0.6) is 0 Å². The number of rotatable bonds is 3. The van der Waals surface area contributed by atoms with E-state index in [1.54, 1.807) is 29.5 Å². The van der Waals surface area contributed by atoms with Gasteiger partial charge in [-0.3, -0.25) is 0 Å². The van der Waals surface area contributed by atoms with Crippen LogP contribution in [0.25, 0.3) is 0 Å². The third kappa shape index (κ3) is 3.85.